The largest absolute Gasteiger partial charge is 0.374 e. The van der Waals surface area contributed by atoms with Crippen molar-refractivity contribution >= 4 is 45.9 Å². The van der Waals surface area contributed by atoms with E-state index in [0.717, 1.165) is 82.5 Å². The summed E-state index contributed by atoms with van der Waals surface area (Å²) in [6.45, 7) is 4.11. The normalized spacial score (nSPS) is 25.7. The lowest BCUT2D eigenvalue weighted by Crippen LogP contribution is -2.44. The van der Waals surface area contributed by atoms with Crippen molar-refractivity contribution in [1.29, 1.82) is 0 Å². The maximum Gasteiger partial charge on any atom is 0.329 e. The van der Waals surface area contributed by atoms with Crippen LogP contribution < -0.4 is 21.2 Å². The number of morpholine rings is 1. The number of imide groups is 1. The van der Waals surface area contributed by atoms with Gasteiger partial charge in [0.05, 0.1) is 53.3 Å². The number of aromatic nitrogens is 7. The van der Waals surface area contributed by atoms with Gasteiger partial charge in [0.2, 0.25) is 11.8 Å². The van der Waals surface area contributed by atoms with Crippen molar-refractivity contribution in [2.75, 3.05) is 43.0 Å². The predicted molar refractivity (Wildman–Crippen MR) is 219 cm³/mol. The van der Waals surface area contributed by atoms with Gasteiger partial charge in [-0.15, -0.1) is 0 Å². The number of carbonyl (C=O) groups excluding carboxylic acids is 3. The van der Waals surface area contributed by atoms with Crippen LogP contribution in [0.2, 0.25) is 0 Å². The number of rotatable bonds is 8. The molecule has 1 aromatic carbocycles. The molecule has 4 aliphatic heterocycles. The number of halogens is 2. The number of carbonyl (C=O) groups is 3. The highest BCUT2D eigenvalue weighted by Crippen LogP contribution is 2.37. The van der Waals surface area contributed by atoms with E-state index < -0.39 is 30.0 Å². The fourth-order valence-electron chi connectivity index (χ4n) is 10.1. The van der Waals surface area contributed by atoms with Crippen molar-refractivity contribution in [1.82, 2.24) is 43.7 Å². The Labute approximate surface area is 349 Å². The molecule has 16 nitrogen and oxygen atoms in total. The number of aryl methyl sites for hydroxylation is 1. The van der Waals surface area contributed by atoms with E-state index in [2.05, 4.69) is 42.5 Å². The summed E-state index contributed by atoms with van der Waals surface area (Å²) in [5.41, 5.74) is 1.74. The number of imidazole rings is 1. The van der Waals surface area contributed by atoms with Crippen molar-refractivity contribution in [3.8, 4) is 11.8 Å². The Kier molecular flexibility index (Phi) is 10.2. The van der Waals surface area contributed by atoms with Crippen LogP contribution >= 0.6 is 0 Å². The molecular weight excluding hydrogens is 789 g/mol. The monoisotopic (exact) mass is 835 g/mol. The molecule has 4 aromatic heterocycles. The van der Waals surface area contributed by atoms with E-state index in [-0.39, 0.29) is 59.8 Å². The summed E-state index contributed by atoms with van der Waals surface area (Å²) in [6.07, 6.45) is 8.77. The summed E-state index contributed by atoms with van der Waals surface area (Å²) in [5, 5.41) is 13.6. The molecule has 1 saturated carbocycles. The second kappa shape index (κ2) is 15.8. The quantitative estimate of drug-likeness (QED) is 0.171. The summed E-state index contributed by atoms with van der Waals surface area (Å²) < 4.78 is 40.5. The Morgan fingerprint density at radius 3 is 2.69 bits per heavy atom. The van der Waals surface area contributed by atoms with Gasteiger partial charge in [-0.2, -0.15) is 10.2 Å². The van der Waals surface area contributed by atoms with Crippen LogP contribution in [0.25, 0.3) is 16.7 Å². The minimum Gasteiger partial charge on any atom is -0.374 e. The SMILES string of the molecule is Cn1c(=O)n(C2CCC(=O)NC2=O)c2cccc(C#CC3CCCN(C[C@H]4CC[C@H](n5cc(NC(=O)c6cnn7ccc(N8C[C@H]9C[C@@H]8CO9)nc67)c(C(F)F)n5)CC4)C3)c21. The standard InChI is InChI=1S/C43H47F2N11O5/c1-51-38-27(5-2-6-33(38)56(43(51)60)34-13-14-36(57)49-42(34)59)10-7-25-4-3-16-52(20-25)21-26-8-11-28(12-9-26)55-23-32(37(50-55)39(44)45)47-41(58)31-19-46-54-17-15-35(48-40(31)54)53-22-30-18-29(53)24-61-30/h2,5-6,15,17,19,23,25-26,28-30,34,39H,3-4,8-9,11-14,16,18,20-22,24H2,1H3,(H,47,58)(H,49,57,59)/t25?,26-,28-,29-,30-,34?/m1/s1. The zero-order valence-corrected chi connectivity index (χ0v) is 33.8. The number of amides is 3. The number of benzene rings is 1. The van der Waals surface area contributed by atoms with E-state index in [1.807, 2.05) is 24.3 Å². The van der Waals surface area contributed by atoms with Crippen LogP contribution in [0.15, 0.2) is 47.7 Å². The van der Waals surface area contributed by atoms with E-state index in [4.69, 9.17) is 9.72 Å². The minimum absolute atomic E-state index is 0.0163. The number of ether oxygens (including phenoxy) is 1. The van der Waals surface area contributed by atoms with Gasteiger partial charge in [-0.25, -0.2) is 23.1 Å². The van der Waals surface area contributed by atoms with E-state index in [1.54, 1.807) is 17.9 Å². The lowest BCUT2D eigenvalue weighted by atomic mass is 9.85. The third-order valence-electron chi connectivity index (χ3n) is 13.3. The fraction of sp³-hybridized carbons (Fsp3) is 0.512. The molecule has 8 heterocycles. The summed E-state index contributed by atoms with van der Waals surface area (Å²) >= 11 is 0. The lowest BCUT2D eigenvalue weighted by Gasteiger charge is -2.36. The van der Waals surface area contributed by atoms with Crippen molar-refractivity contribution in [3.05, 3.63) is 70.2 Å². The van der Waals surface area contributed by atoms with Gasteiger partial charge in [-0.3, -0.25) is 33.5 Å². The summed E-state index contributed by atoms with van der Waals surface area (Å²) in [6, 6.07) is 6.83. The Balaban J connectivity index is 0.768. The topological polar surface area (TPSA) is 166 Å². The van der Waals surface area contributed by atoms with Gasteiger partial charge >= 0.3 is 5.69 Å². The number of alkyl halides is 2. The molecule has 5 aromatic rings. The smallest absolute Gasteiger partial charge is 0.329 e. The second-order valence-electron chi connectivity index (χ2n) is 17.2. The molecule has 2 N–H and O–H groups in total. The second-order valence-corrected chi connectivity index (χ2v) is 17.2. The van der Waals surface area contributed by atoms with Crippen LogP contribution in [0.4, 0.5) is 20.3 Å². The maximum absolute atomic E-state index is 14.3. The number of para-hydroxylation sites is 1. The lowest BCUT2D eigenvalue weighted by molar-refractivity contribution is -0.135. The van der Waals surface area contributed by atoms with Crippen LogP contribution in [0, 0.1) is 23.7 Å². The summed E-state index contributed by atoms with van der Waals surface area (Å²) in [4.78, 5) is 60.8. The number of piperidine rings is 2. The van der Waals surface area contributed by atoms with E-state index in [1.165, 1.54) is 26.0 Å². The Bertz CT molecular complexity index is 2670. The molecule has 2 unspecified atom stereocenters. The summed E-state index contributed by atoms with van der Waals surface area (Å²) in [7, 11) is 1.68. The molecule has 5 fully saturated rings. The van der Waals surface area contributed by atoms with Crippen LogP contribution in [0.1, 0.15) is 97.9 Å². The zero-order chi connectivity index (χ0) is 41.9. The van der Waals surface area contributed by atoms with E-state index >= 15 is 0 Å². The Hall–Kier alpha value is -5.93. The first kappa shape index (κ1) is 39.2. The first-order valence-corrected chi connectivity index (χ1v) is 21.3. The molecule has 0 spiro atoms. The van der Waals surface area contributed by atoms with Crippen molar-refractivity contribution < 1.29 is 27.9 Å². The predicted octanol–water partition coefficient (Wildman–Crippen LogP) is 4.22. The molecule has 4 saturated heterocycles. The number of hydrogen-bond acceptors (Lipinski definition) is 10. The van der Waals surface area contributed by atoms with E-state index in [9.17, 15) is 28.0 Å². The molecule has 1 aliphatic carbocycles. The number of nitrogens with zero attached hydrogens (tertiary/aromatic N) is 9. The Morgan fingerprint density at radius 2 is 1.92 bits per heavy atom. The van der Waals surface area contributed by atoms with Gasteiger partial charge in [0.1, 0.15) is 17.4 Å². The first-order chi connectivity index (χ1) is 29.6. The van der Waals surface area contributed by atoms with Gasteiger partial charge in [0.15, 0.2) is 11.3 Å². The van der Waals surface area contributed by atoms with Crippen LogP contribution in [-0.4, -0.2) is 101 Å². The molecule has 318 valence electrons. The number of likely N-dealkylation sites (tertiary alicyclic amines) is 1. The highest BCUT2D eigenvalue weighted by Gasteiger charge is 2.40. The molecule has 3 amide bonds. The van der Waals surface area contributed by atoms with Crippen LogP contribution in [0.5, 0.6) is 0 Å². The third kappa shape index (κ3) is 7.37. The zero-order valence-electron chi connectivity index (χ0n) is 33.8. The minimum atomic E-state index is -2.87. The van der Waals surface area contributed by atoms with Gasteiger partial charge < -0.3 is 19.9 Å². The molecule has 2 bridgehead atoms. The molecule has 4 atom stereocenters. The highest BCUT2D eigenvalue weighted by atomic mass is 19.3. The van der Waals surface area contributed by atoms with Crippen molar-refractivity contribution in [2.24, 2.45) is 18.9 Å². The molecule has 0 radical (unpaired) electrons. The number of anilines is 2. The molecule has 61 heavy (non-hydrogen) atoms. The van der Waals surface area contributed by atoms with Gasteiger partial charge in [0, 0.05) is 51.4 Å². The third-order valence-corrected chi connectivity index (χ3v) is 13.3. The van der Waals surface area contributed by atoms with Gasteiger partial charge in [-0.1, -0.05) is 17.9 Å². The molecule has 18 heteroatoms. The van der Waals surface area contributed by atoms with E-state index in [0.29, 0.717) is 29.2 Å². The number of nitrogens with one attached hydrogen (secondary N) is 2. The maximum atomic E-state index is 14.3. The van der Waals surface area contributed by atoms with Gasteiger partial charge in [-0.05, 0) is 82.0 Å². The van der Waals surface area contributed by atoms with Crippen molar-refractivity contribution in [2.45, 2.75) is 88.4 Å². The summed E-state index contributed by atoms with van der Waals surface area (Å²) in [5.74, 6) is 6.79. The first-order valence-electron chi connectivity index (χ1n) is 21.3. The van der Waals surface area contributed by atoms with Crippen LogP contribution in [0.3, 0.4) is 0 Å². The molecular formula is C43H47F2N11O5. The van der Waals surface area contributed by atoms with Gasteiger partial charge in [0.25, 0.3) is 12.3 Å². The molecule has 10 rings (SSSR count). The Morgan fingerprint density at radius 1 is 1.07 bits per heavy atom. The van der Waals surface area contributed by atoms with Crippen molar-refractivity contribution in [3.63, 3.8) is 0 Å². The number of fused-ring (bicyclic) bond motifs is 4. The van der Waals surface area contributed by atoms with Crippen LogP contribution in [-0.2, 0) is 21.4 Å². The highest BCUT2D eigenvalue weighted by molar-refractivity contribution is 6.08. The fourth-order valence-corrected chi connectivity index (χ4v) is 10.1. The number of hydrogen-bond donors (Lipinski definition) is 2. The molecule has 5 aliphatic rings. The average Bonchev–Trinajstić information content (AvgIpc) is 4.11. The average molecular weight is 836 g/mol.